The molecule has 148 valence electrons. The normalized spacial score (nSPS) is 20.6. The van der Waals surface area contributed by atoms with Crippen molar-refractivity contribution < 1.29 is 18.3 Å². The SMILES string of the molecule is C=C1[C@H](OCP(=O)(OCC)OCC)CC[C@@H]1n1cnc2c(=O)[nH]c(N)nc21. The second-order valence-electron chi connectivity index (χ2n) is 6.17. The van der Waals surface area contributed by atoms with E-state index < -0.39 is 7.60 Å². The number of imidazole rings is 1. The molecule has 0 spiro atoms. The number of anilines is 1. The summed E-state index contributed by atoms with van der Waals surface area (Å²) in [6, 6.07) is -0.146. The number of hydrogen-bond acceptors (Lipinski definition) is 8. The predicted octanol–water partition coefficient (Wildman–Crippen LogP) is 2.20. The monoisotopic (exact) mass is 397 g/mol. The largest absolute Gasteiger partial charge is 0.369 e. The first-order valence-electron chi connectivity index (χ1n) is 8.79. The van der Waals surface area contributed by atoms with Crippen molar-refractivity contribution in [3.05, 3.63) is 28.8 Å². The van der Waals surface area contributed by atoms with Crippen LogP contribution >= 0.6 is 7.60 Å². The smallest absolute Gasteiger partial charge is 0.356 e. The van der Waals surface area contributed by atoms with Crippen LogP contribution in [0.15, 0.2) is 23.3 Å². The number of hydrogen-bond donors (Lipinski definition) is 2. The van der Waals surface area contributed by atoms with Gasteiger partial charge in [0, 0.05) is 0 Å². The molecule has 1 saturated carbocycles. The van der Waals surface area contributed by atoms with E-state index in [0.717, 1.165) is 12.0 Å². The van der Waals surface area contributed by atoms with E-state index in [9.17, 15) is 9.36 Å². The minimum absolute atomic E-state index is 0.0278. The average Bonchev–Trinajstić information content (AvgIpc) is 3.17. The van der Waals surface area contributed by atoms with Gasteiger partial charge in [-0.1, -0.05) is 6.58 Å². The number of rotatable bonds is 8. The molecule has 0 amide bonds. The first-order chi connectivity index (χ1) is 12.9. The van der Waals surface area contributed by atoms with Gasteiger partial charge in [0.05, 0.1) is 31.7 Å². The molecular formula is C16H24N5O5P. The Hall–Kier alpha value is -2.00. The highest BCUT2D eigenvalue weighted by Crippen LogP contribution is 2.49. The average molecular weight is 397 g/mol. The third-order valence-electron chi connectivity index (χ3n) is 4.42. The van der Waals surface area contributed by atoms with Crippen LogP contribution in [0.5, 0.6) is 0 Å². The summed E-state index contributed by atoms with van der Waals surface area (Å²) in [6.07, 6.45) is 2.51. The lowest BCUT2D eigenvalue weighted by Gasteiger charge is -2.21. The minimum Gasteiger partial charge on any atom is -0.369 e. The van der Waals surface area contributed by atoms with E-state index in [2.05, 4.69) is 21.5 Å². The Morgan fingerprint density at radius 3 is 2.74 bits per heavy atom. The van der Waals surface area contributed by atoms with Gasteiger partial charge in [0.1, 0.15) is 6.35 Å². The molecule has 3 rings (SSSR count). The van der Waals surface area contributed by atoms with Gasteiger partial charge >= 0.3 is 7.60 Å². The van der Waals surface area contributed by atoms with E-state index in [-0.39, 0.29) is 48.7 Å². The van der Waals surface area contributed by atoms with Crippen LogP contribution in [0, 0.1) is 0 Å². The summed E-state index contributed by atoms with van der Waals surface area (Å²) < 4.78 is 30.6. The van der Waals surface area contributed by atoms with E-state index in [0.29, 0.717) is 12.1 Å². The Morgan fingerprint density at radius 1 is 1.37 bits per heavy atom. The molecule has 27 heavy (non-hydrogen) atoms. The standard InChI is InChI=1S/C16H24N5O5P/c1-4-25-27(23,26-5-2)9-24-12-7-6-11(10(12)3)21-8-18-13-14(21)19-16(17)20-15(13)22/h8,11-12H,3-7,9H2,1-2H3,(H3,17,19,20,22)/t11-,12+/m0/s1. The van der Waals surface area contributed by atoms with Crippen molar-refractivity contribution in [3.63, 3.8) is 0 Å². The summed E-state index contributed by atoms with van der Waals surface area (Å²) in [5, 5.41) is 0. The Kier molecular flexibility index (Phi) is 5.81. The van der Waals surface area contributed by atoms with Gasteiger partial charge in [-0.2, -0.15) is 4.98 Å². The maximum Gasteiger partial charge on any atom is 0.356 e. The lowest BCUT2D eigenvalue weighted by atomic mass is 10.1. The number of nitrogens with one attached hydrogen (secondary N) is 1. The topological polar surface area (TPSA) is 134 Å². The van der Waals surface area contributed by atoms with E-state index >= 15 is 0 Å². The number of ether oxygens (including phenoxy) is 1. The first-order valence-corrected chi connectivity index (χ1v) is 10.5. The molecule has 0 bridgehead atoms. The number of nitrogens with zero attached hydrogens (tertiary/aromatic N) is 3. The zero-order chi connectivity index (χ0) is 19.6. The lowest BCUT2D eigenvalue weighted by Crippen LogP contribution is -2.17. The second-order valence-corrected chi connectivity index (χ2v) is 8.17. The van der Waals surface area contributed by atoms with Crippen LogP contribution in [0.2, 0.25) is 0 Å². The van der Waals surface area contributed by atoms with Crippen molar-refractivity contribution in [3.8, 4) is 0 Å². The van der Waals surface area contributed by atoms with Crippen LogP contribution in [-0.2, 0) is 18.3 Å². The summed E-state index contributed by atoms with van der Waals surface area (Å²) in [4.78, 5) is 22.7. The zero-order valence-electron chi connectivity index (χ0n) is 15.4. The van der Waals surface area contributed by atoms with Gasteiger partial charge in [0.25, 0.3) is 5.56 Å². The Balaban J connectivity index is 1.76. The Labute approximate surface area is 156 Å². The van der Waals surface area contributed by atoms with Gasteiger partial charge in [-0.3, -0.25) is 14.3 Å². The molecule has 11 heteroatoms. The third-order valence-corrected chi connectivity index (χ3v) is 6.18. The lowest BCUT2D eigenvalue weighted by molar-refractivity contribution is 0.0912. The summed E-state index contributed by atoms with van der Waals surface area (Å²) >= 11 is 0. The van der Waals surface area contributed by atoms with Crippen molar-refractivity contribution in [2.24, 2.45) is 0 Å². The fraction of sp³-hybridized carbons (Fsp3) is 0.562. The van der Waals surface area contributed by atoms with Crippen molar-refractivity contribution in [1.82, 2.24) is 19.5 Å². The maximum absolute atomic E-state index is 12.6. The van der Waals surface area contributed by atoms with Crippen molar-refractivity contribution in [2.45, 2.75) is 38.8 Å². The molecule has 2 heterocycles. The molecule has 1 aliphatic carbocycles. The van der Waals surface area contributed by atoms with Crippen LogP contribution in [0.25, 0.3) is 11.2 Å². The van der Waals surface area contributed by atoms with Crippen molar-refractivity contribution in [2.75, 3.05) is 25.3 Å². The van der Waals surface area contributed by atoms with Crippen LogP contribution < -0.4 is 11.3 Å². The summed E-state index contributed by atoms with van der Waals surface area (Å²) in [6.45, 7) is 8.18. The zero-order valence-corrected chi connectivity index (χ0v) is 16.3. The van der Waals surface area contributed by atoms with Gasteiger partial charge in [-0.25, -0.2) is 4.98 Å². The highest BCUT2D eigenvalue weighted by atomic mass is 31.2. The highest BCUT2D eigenvalue weighted by molar-refractivity contribution is 7.53. The highest BCUT2D eigenvalue weighted by Gasteiger charge is 2.34. The summed E-state index contributed by atoms with van der Waals surface area (Å²) in [5.74, 6) is 0.0278. The van der Waals surface area contributed by atoms with Gasteiger partial charge in [-0.05, 0) is 32.3 Å². The van der Waals surface area contributed by atoms with Crippen LogP contribution in [0.1, 0.15) is 32.7 Å². The van der Waals surface area contributed by atoms with Crippen LogP contribution in [-0.4, -0.2) is 45.2 Å². The molecular weight excluding hydrogens is 373 g/mol. The molecule has 3 N–H and O–H groups in total. The molecule has 0 aliphatic heterocycles. The molecule has 2 aromatic rings. The number of aromatic amines is 1. The number of nitrogen functional groups attached to an aromatic ring is 1. The molecule has 2 aromatic heterocycles. The van der Waals surface area contributed by atoms with Gasteiger partial charge in [0.2, 0.25) is 5.95 Å². The van der Waals surface area contributed by atoms with E-state index in [1.165, 1.54) is 0 Å². The quantitative estimate of drug-likeness (QED) is 0.511. The molecule has 0 saturated heterocycles. The molecule has 0 unspecified atom stereocenters. The maximum atomic E-state index is 12.6. The molecule has 10 nitrogen and oxygen atoms in total. The number of fused-ring (bicyclic) bond motifs is 1. The fourth-order valence-corrected chi connectivity index (χ4v) is 4.63. The number of nitrogens with two attached hydrogens (primary N) is 1. The summed E-state index contributed by atoms with van der Waals surface area (Å²) in [7, 11) is -3.29. The molecule has 0 radical (unpaired) electrons. The van der Waals surface area contributed by atoms with Gasteiger partial charge in [0.15, 0.2) is 11.2 Å². The molecule has 1 aliphatic rings. The van der Waals surface area contributed by atoms with E-state index in [4.69, 9.17) is 19.5 Å². The van der Waals surface area contributed by atoms with E-state index in [1.807, 2.05) is 0 Å². The van der Waals surface area contributed by atoms with Gasteiger partial charge < -0.3 is 24.1 Å². The minimum atomic E-state index is -3.29. The van der Waals surface area contributed by atoms with Crippen LogP contribution in [0.3, 0.4) is 0 Å². The third kappa shape index (κ3) is 3.98. The van der Waals surface area contributed by atoms with Crippen molar-refractivity contribution in [1.29, 1.82) is 0 Å². The van der Waals surface area contributed by atoms with Crippen molar-refractivity contribution >= 4 is 24.7 Å². The van der Waals surface area contributed by atoms with Crippen LogP contribution in [0.4, 0.5) is 5.95 Å². The Bertz CT molecular complexity index is 929. The number of H-pyrrole nitrogens is 1. The second kappa shape index (κ2) is 7.93. The first kappa shape index (κ1) is 19.8. The Morgan fingerprint density at radius 2 is 2.07 bits per heavy atom. The molecule has 1 fully saturated rings. The molecule has 0 aromatic carbocycles. The number of aromatic nitrogens is 4. The van der Waals surface area contributed by atoms with Gasteiger partial charge in [-0.15, -0.1) is 0 Å². The van der Waals surface area contributed by atoms with E-state index in [1.54, 1.807) is 24.7 Å². The predicted molar refractivity (Wildman–Crippen MR) is 101 cm³/mol. The summed E-state index contributed by atoms with van der Waals surface area (Å²) in [5.41, 5.74) is 6.67. The fourth-order valence-electron chi connectivity index (χ4n) is 3.26. The molecule has 2 atom stereocenters.